The maximum atomic E-state index is 12.8. The number of fused-ring (bicyclic) bond motifs is 1. The number of ether oxygens (including phenoxy) is 2. The molecule has 0 radical (unpaired) electrons. The van der Waals surface area contributed by atoms with Crippen LogP contribution in [0.2, 0.25) is 0 Å². The van der Waals surface area contributed by atoms with Crippen LogP contribution in [-0.2, 0) is 10.5 Å². The maximum absolute atomic E-state index is 12.8. The SMILES string of the molecule is CN(C)c1ccc(C2(Oc3cccs3)OC(=O)c3cc(N(C)C)ccc32)cc1. The van der Waals surface area contributed by atoms with Crippen LogP contribution in [0.1, 0.15) is 21.5 Å². The van der Waals surface area contributed by atoms with Crippen LogP contribution in [0.4, 0.5) is 11.4 Å². The number of nitrogens with zero attached hydrogens (tertiary/aromatic N) is 2. The van der Waals surface area contributed by atoms with E-state index in [2.05, 4.69) is 0 Å². The van der Waals surface area contributed by atoms with Crippen LogP contribution in [0, 0.1) is 0 Å². The fraction of sp³-hybridized carbons (Fsp3) is 0.227. The highest BCUT2D eigenvalue weighted by Crippen LogP contribution is 2.45. The first-order valence-corrected chi connectivity index (χ1v) is 9.84. The fourth-order valence-electron chi connectivity index (χ4n) is 3.30. The van der Waals surface area contributed by atoms with Crippen molar-refractivity contribution in [3.05, 3.63) is 76.7 Å². The zero-order valence-electron chi connectivity index (χ0n) is 16.3. The van der Waals surface area contributed by atoms with Crippen molar-refractivity contribution in [2.45, 2.75) is 5.79 Å². The molecule has 0 N–H and O–H groups in total. The third-order valence-electron chi connectivity index (χ3n) is 4.83. The minimum absolute atomic E-state index is 0.382. The number of hydrogen-bond acceptors (Lipinski definition) is 6. The molecule has 0 spiro atoms. The first kappa shape index (κ1) is 18.4. The van der Waals surface area contributed by atoms with Gasteiger partial charge in [0.1, 0.15) is 0 Å². The number of cyclic esters (lactones) is 1. The van der Waals surface area contributed by atoms with E-state index >= 15 is 0 Å². The summed E-state index contributed by atoms with van der Waals surface area (Å²) in [6.45, 7) is 0. The van der Waals surface area contributed by atoms with Crippen LogP contribution >= 0.6 is 11.3 Å². The summed E-state index contributed by atoms with van der Waals surface area (Å²) in [5.41, 5.74) is 4.01. The lowest BCUT2D eigenvalue weighted by Crippen LogP contribution is -2.34. The van der Waals surface area contributed by atoms with Gasteiger partial charge >= 0.3 is 11.8 Å². The molecule has 0 saturated heterocycles. The van der Waals surface area contributed by atoms with Crippen molar-refractivity contribution in [1.82, 2.24) is 0 Å². The number of esters is 1. The van der Waals surface area contributed by atoms with E-state index in [-0.39, 0.29) is 5.97 Å². The molecule has 0 fully saturated rings. The molecule has 0 amide bonds. The predicted molar refractivity (Wildman–Crippen MR) is 113 cm³/mol. The molecule has 1 aliphatic heterocycles. The van der Waals surface area contributed by atoms with Crippen LogP contribution in [0.15, 0.2) is 60.0 Å². The molecule has 1 atom stereocenters. The van der Waals surface area contributed by atoms with E-state index < -0.39 is 5.79 Å². The molecule has 0 aliphatic carbocycles. The van der Waals surface area contributed by atoms with Crippen molar-refractivity contribution < 1.29 is 14.3 Å². The molecule has 0 bridgehead atoms. The molecule has 2 aromatic carbocycles. The van der Waals surface area contributed by atoms with Crippen molar-refractivity contribution in [1.29, 1.82) is 0 Å². The van der Waals surface area contributed by atoms with E-state index in [1.54, 1.807) is 0 Å². The zero-order chi connectivity index (χ0) is 19.9. The number of hydrogen-bond donors (Lipinski definition) is 0. The van der Waals surface area contributed by atoms with E-state index in [1.165, 1.54) is 11.3 Å². The van der Waals surface area contributed by atoms with Crippen molar-refractivity contribution in [3.8, 4) is 5.06 Å². The van der Waals surface area contributed by atoms with Crippen LogP contribution in [0.5, 0.6) is 5.06 Å². The normalized spacial score (nSPS) is 17.8. The van der Waals surface area contributed by atoms with Gasteiger partial charge in [-0.1, -0.05) is 0 Å². The Kier molecular flexibility index (Phi) is 4.51. The van der Waals surface area contributed by atoms with Gasteiger partial charge in [-0.15, -0.1) is 11.3 Å². The number of rotatable bonds is 5. The standard InChI is InChI=1S/C22H22N2O3S/c1-23(2)16-9-7-15(8-10-16)22(26-20-6-5-13-28-20)19-12-11-17(24(3)4)14-18(19)21(25)27-22/h5-14H,1-4H3. The monoisotopic (exact) mass is 394 g/mol. The van der Waals surface area contributed by atoms with Crippen LogP contribution in [-0.4, -0.2) is 34.2 Å². The summed E-state index contributed by atoms with van der Waals surface area (Å²) in [6.07, 6.45) is 0. The van der Waals surface area contributed by atoms with Gasteiger partial charge in [0, 0.05) is 45.1 Å². The lowest BCUT2D eigenvalue weighted by Gasteiger charge is -2.29. The molecule has 0 saturated carbocycles. The van der Waals surface area contributed by atoms with Crippen molar-refractivity contribution in [2.75, 3.05) is 38.0 Å². The molecular weight excluding hydrogens is 372 g/mol. The third-order valence-corrected chi connectivity index (χ3v) is 5.58. The molecule has 1 aliphatic rings. The van der Waals surface area contributed by atoms with E-state index in [9.17, 15) is 4.79 Å². The molecule has 1 aromatic heterocycles. The number of anilines is 2. The molecule has 4 rings (SSSR count). The van der Waals surface area contributed by atoms with Gasteiger partial charge < -0.3 is 19.3 Å². The molecule has 1 unspecified atom stereocenters. The van der Waals surface area contributed by atoms with Gasteiger partial charge in [0.15, 0.2) is 5.06 Å². The molecule has 3 aromatic rings. The summed E-state index contributed by atoms with van der Waals surface area (Å²) in [6, 6.07) is 17.4. The molecule has 144 valence electrons. The summed E-state index contributed by atoms with van der Waals surface area (Å²) in [7, 11) is 7.86. The van der Waals surface area contributed by atoms with Crippen LogP contribution < -0.4 is 14.5 Å². The zero-order valence-corrected chi connectivity index (χ0v) is 17.1. The Balaban J connectivity index is 1.87. The van der Waals surface area contributed by atoms with Gasteiger partial charge in [-0.2, -0.15) is 0 Å². The van der Waals surface area contributed by atoms with Crippen LogP contribution in [0.3, 0.4) is 0 Å². The minimum atomic E-state index is -1.30. The summed E-state index contributed by atoms with van der Waals surface area (Å²) >= 11 is 1.46. The Morgan fingerprint density at radius 3 is 2.21 bits per heavy atom. The van der Waals surface area contributed by atoms with Gasteiger partial charge in [-0.05, 0) is 60.0 Å². The van der Waals surface area contributed by atoms with Crippen molar-refractivity contribution in [3.63, 3.8) is 0 Å². The van der Waals surface area contributed by atoms with Gasteiger partial charge in [-0.3, -0.25) is 0 Å². The summed E-state index contributed by atoms with van der Waals surface area (Å²) in [5.74, 6) is -1.68. The van der Waals surface area contributed by atoms with Gasteiger partial charge in [0.2, 0.25) is 0 Å². The molecular formula is C22H22N2O3S. The second-order valence-electron chi connectivity index (χ2n) is 7.11. The number of carbonyl (C=O) groups excluding carboxylic acids is 1. The van der Waals surface area contributed by atoms with Gasteiger partial charge in [0.25, 0.3) is 0 Å². The molecule has 6 heteroatoms. The predicted octanol–water partition coefficient (Wildman–Crippen LogP) is 4.33. The van der Waals surface area contributed by atoms with Crippen LogP contribution in [0.25, 0.3) is 0 Å². The summed E-state index contributed by atoms with van der Waals surface area (Å²) in [4.78, 5) is 16.8. The highest BCUT2D eigenvalue weighted by molar-refractivity contribution is 7.11. The summed E-state index contributed by atoms with van der Waals surface area (Å²) in [5, 5.41) is 2.62. The Morgan fingerprint density at radius 2 is 1.61 bits per heavy atom. The van der Waals surface area contributed by atoms with E-state index in [0.29, 0.717) is 16.2 Å². The summed E-state index contributed by atoms with van der Waals surface area (Å²) < 4.78 is 12.3. The molecule has 28 heavy (non-hydrogen) atoms. The quantitative estimate of drug-likeness (QED) is 0.603. The molecule has 2 heterocycles. The molecule has 5 nitrogen and oxygen atoms in total. The highest BCUT2D eigenvalue weighted by atomic mass is 32.1. The second-order valence-corrected chi connectivity index (χ2v) is 8.02. The second kappa shape index (κ2) is 6.87. The number of carbonyl (C=O) groups is 1. The largest absolute Gasteiger partial charge is 0.434 e. The lowest BCUT2D eigenvalue weighted by molar-refractivity contribution is -0.106. The number of benzene rings is 2. The lowest BCUT2D eigenvalue weighted by atomic mass is 9.94. The van der Waals surface area contributed by atoms with E-state index in [0.717, 1.165) is 16.9 Å². The highest BCUT2D eigenvalue weighted by Gasteiger charge is 2.50. The maximum Gasteiger partial charge on any atom is 0.342 e. The minimum Gasteiger partial charge on any atom is -0.434 e. The Bertz CT molecular complexity index is 997. The van der Waals surface area contributed by atoms with Gasteiger partial charge in [0.05, 0.1) is 11.1 Å². The first-order chi connectivity index (χ1) is 13.4. The van der Waals surface area contributed by atoms with Crippen molar-refractivity contribution >= 4 is 28.7 Å². The average molecular weight is 394 g/mol. The average Bonchev–Trinajstić information content (AvgIpc) is 3.29. The Hall–Kier alpha value is -2.99. The van der Waals surface area contributed by atoms with E-state index in [1.807, 2.05) is 98.0 Å². The van der Waals surface area contributed by atoms with Gasteiger partial charge in [-0.25, -0.2) is 4.79 Å². The van der Waals surface area contributed by atoms with Crippen molar-refractivity contribution in [2.24, 2.45) is 0 Å². The van der Waals surface area contributed by atoms with E-state index in [4.69, 9.17) is 9.47 Å². The first-order valence-electron chi connectivity index (χ1n) is 8.96. The smallest absolute Gasteiger partial charge is 0.342 e. The topological polar surface area (TPSA) is 42.0 Å². The number of thiophene rings is 1. The third kappa shape index (κ3) is 2.99. The fourth-order valence-corrected chi connectivity index (χ4v) is 3.91. The Morgan fingerprint density at radius 1 is 0.929 bits per heavy atom. The Labute approximate surface area is 168 Å².